The van der Waals surface area contributed by atoms with E-state index in [0.29, 0.717) is 31.5 Å². The van der Waals surface area contributed by atoms with Crippen LogP contribution < -0.4 is 10.6 Å². The maximum absolute atomic E-state index is 14.0. The van der Waals surface area contributed by atoms with Gasteiger partial charge in [0, 0.05) is 36.9 Å². The molecular formula is C29H38F2N2O3S. The molecule has 1 unspecified atom stereocenters. The van der Waals surface area contributed by atoms with Gasteiger partial charge in [-0.05, 0) is 60.9 Å². The molecule has 2 aromatic rings. The highest BCUT2D eigenvalue weighted by Crippen LogP contribution is 2.70. The van der Waals surface area contributed by atoms with E-state index < -0.39 is 27.0 Å². The number of unbranched alkanes of at least 4 members (excludes halogenated alkanes) is 1. The molecule has 0 spiro atoms. The molecule has 5 nitrogen and oxygen atoms in total. The lowest BCUT2D eigenvalue weighted by Crippen LogP contribution is -2.49. The van der Waals surface area contributed by atoms with Gasteiger partial charge in [-0.25, -0.2) is 17.2 Å². The Labute approximate surface area is 219 Å². The molecule has 2 aliphatic rings. The SMILES string of the molecule is CCCCS(=O)(=O)CCC(=O)N[C@]1(C2(CNCc3cccc(CC)c3)CC2)CC1c1cc(F)cc(F)c1. The van der Waals surface area contributed by atoms with E-state index in [4.69, 9.17) is 0 Å². The van der Waals surface area contributed by atoms with Gasteiger partial charge in [-0.2, -0.15) is 0 Å². The largest absolute Gasteiger partial charge is 0.349 e. The van der Waals surface area contributed by atoms with Crippen molar-refractivity contribution >= 4 is 15.7 Å². The summed E-state index contributed by atoms with van der Waals surface area (Å²) in [6, 6.07) is 12.0. The van der Waals surface area contributed by atoms with Crippen molar-refractivity contribution in [3.05, 3.63) is 70.8 Å². The molecule has 0 bridgehead atoms. The van der Waals surface area contributed by atoms with Crippen LogP contribution in [-0.2, 0) is 27.6 Å². The molecule has 0 heterocycles. The van der Waals surface area contributed by atoms with Gasteiger partial charge < -0.3 is 10.6 Å². The van der Waals surface area contributed by atoms with Gasteiger partial charge in [-0.3, -0.25) is 4.79 Å². The first-order chi connectivity index (χ1) is 17.6. The number of benzene rings is 2. The van der Waals surface area contributed by atoms with Crippen LogP contribution in [0.3, 0.4) is 0 Å². The number of rotatable bonds is 14. The van der Waals surface area contributed by atoms with E-state index in [9.17, 15) is 22.0 Å². The summed E-state index contributed by atoms with van der Waals surface area (Å²) < 4.78 is 52.7. The molecule has 2 aliphatic carbocycles. The molecule has 2 aromatic carbocycles. The molecule has 2 atom stereocenters. The Morgan fingerprint density at radius 3 is 2.38 bits per heavy atom. The van der Waals surface area contributed by atoms with Crippen molar-refractivity contribution < 1.29 is 22.0 Å². The predicted molar refractivity (Wildman–Crippen MR) is 142 cm³/mol. The highest BCUT2D eigenvalue weighted by atomic mass is 32.2. The maximum atomic E-state index is 14.0. The molecule has 37 heavy (non-hydrogen) atoms. The van der Waals surface area contributed by atoms with Crippen molar-refractivity contribution in [3.8, 4) is 0 Å². The molecule has 202 valence electrons. The third kappa shape index (κ3) is 6.58. The summed E-state index contributed by atoms with van der Waals surface area (Å²) in [5.41, 5.74) is 2.11. The standard InChI is InChI=1S/C29H38F2N2O3S/c1-3-5-12-37(35,36)13-9-27(34)33-29(18-26(29)23-15-24(30)17-25(31)16-23)28(10-11-28)20-32-19-22-8-6-7-21(4-2)14-22/h6-8,14-17,26,32H,3-5,9-13,18-20H2,1-2H3,(H,33,34)/t26?,29-/m1/s1. The number of nitrogens with one attached hydrogen (secondary N) is 2. The van der Waals surface area contributed by atoms with Gasteiger partial charge in [-0.15, -0.1) is 0 Å². The van der Waals surface area contributed by atoms with Crippen LogP contribution in [0.25, 0.3) is 0 Å². The Balaban J connectivity index is 1.48. The highest BCUT2D eigenvalue weighted by Gasteiger charge is 2.71. The quantitative estimate of drug-likeness (QED) is 0.357. The van der Waals surface area contributed by atoms with Crippen LogP contribution >= 0.6 is 0 Å². The van der Waals surface area contributed by atoms with E-state index in [0.717, 1.165) is 31.7 Å². The summed E-state index contributed by atoms with van der Waals surface area (Å²) >= 11 is 0. The number of carbonyl (C=O) groups excluding carboxylic acids is 1. The monoisotopic (exact) mass is 532 g/mol. The summed E-state index contributed by atoms with van der Waals surface area (Å²) in [4.78, 5) is 13.0. The van der Waals surface area contributed by atoms with Gasteiger partial charge >= 0.3 is 0 Å². The van der Waals surface area contributed by atoms with E-state index in [2.05, 4.69) is 41.8 Å². The lowest BCUT2D eigenvalue weighted by Gasteiger charge is -2.30. The van der Waals surface area contributed by atoms with Crippen LogP contribution in [0.4, 0.5) is 8.78 Å². The molecule has 0 aliphatic heterocycles. The van der Waals surface area contributed by atoms with Crippen molar-refractivity contribution in [2.24, 2.45) is 5.41 Å². The summed E-state index contributed by atoms with van der Waals surface area (Å²) in [5.74, 6) is -1.91. The minimum absolute atomic E-state index is 0.0835. The van der Waals surface area contributed by atoms with Crippen molar-refractivity contribution in [1.82, 2.24) is 10.6 Å². The normalized spacial score (nSPS) is 22.0. The fourth-order valence-electron chi connectivity index (χ4n) is 5.66. The topological polar surface area (TPSA) is 75.3 Å². The number of sulfone groups is 1. The number of halogens is 2. The zero-order valence-corrected chi connectivity index (χ0v) is 22.6. The molecule has 2 N–H and O–H groups in total. The fourth-order valence-corrected chi connectivity index (χ4v) is 7.09. The summed E-state index contributed by atoms with van der Waals surface area (Å²) in [5, 5.41) is 6.72. The van der Waals surface area contributed by atoms with Gasteiger partial charge in [0.05, 0.1) is 17.0 Å². The van der Waals surface area contributed by atoms with E-state index in [1.165, 1.54) is 23.3 Å². The summed E-state index contributed by atoms with van der Waals surface area (Å²) in [7, 11) is -3.29. The first-order valence-electron chi connectivity index (χ1n) is 13.4. The average Bonchev–Trinajstić information content (AvgIpc) is 3.77. The molecule has 0 radical (unpaired) electrons. The van der Waals surface area contributed by atoms with Gasteiger partial charge in [0.25, 0.3) is 0 Å². The van der Waals surface area contributed by atoms with Gasteiger partial charge in [-0.1, -0.05) is 44.5 Å². The first-order valence-corrected chi connectivity index (χ1v) is 15.2. The Hall–Kier alpha value is -2.32. The lowest BCUT2D eigenvalue weighted by molar-refractivity contribution is -0.122. The second kappa shape index (κ2) is 11.2. The van der Waals surface area contributed by atoms with Crippen LogP contribution in [0.2, 0.25) is 0 Å². The number of hydrogen-bond donors (Lipinski definition) is 2. The van der Waals surface area contributed by atoms with Crippen molar-refractivity contribution in [2.45, 2.75) is 76.8 Å². The molecule has 4 rings (SSSR count). The van der Waals surface area contributed by atoms with E-state index in [-0.39, 0.29) is 35.2 Å². The Morgan fingerprint density at radius 1 is 1.03 bits per heavy atom. The van der Waals surface area contributed by atoms with Crippen LogP contribution in [-0.4, -0.2) is 37.9 Å². The molecule has 0 saturated heterocycles. The molecule has 1 amide bonds. The number of aryl methyl sites for hydroxylation is 1. The predicted octanol–water partition coefficient (Wildman–Crippen LogP) is 5.04. The number of carbonyl (C=O) groups is 1. The van der Waals surface area contributed by atoms with Crippen molar-refractivity contribution in [1.29, 1.82) is 0 Å². The van der Waals surface area contributed by atoms with Crippen LogP contribution in [0.15, 0.2) is 42.5 Å². The van der Waals surface area contributed by atoms with Crippen molar-refractivity contribution in [3.63, 3.8) is 0 Å². The molecule has 8 heteroatoms. The third-order valence-corrected chi connectivity index (χ3v) is 9.79. The van der Waals surface area contributed by atoms with Crippen molar-refractivity contribution in [2.75, 3.05) is 18.1 Å². The van der Waals surface area contributed by atoms with Gasteiger partial charge in [0.2, 0.25) is 5.91 Å². The summed E-state index contributed by atoms with van der Waals surface area (Å²) in [6.07, 6.45) is 4.57. The highest BCUT2D eigenvalue weighted by molar-refractivity contribution is 7.91. The summed E-state index contributed by atoms with van der Waals surface area (Å²) in [6.45, 7) is 5.40. The van der Waals surface area contributed by atoms with Gasteiger partial charge in [0.1, 0.15) is 11.6 Å². The lowest BCUT2D eigenvalue weighted by atomic mass is 9.88. The second-order valence-corrected chi connectivity index (χ2v) is 13.1. The number of hydrogen-bond acceptors (Lipinski definition) is 4. The smallest absolute Gasteiger partial charge is 0.221 e. The second-order valence-electron chi connectivity index (χ2n) is 10.8. The minimum atomic E-state index is -3.29. The molecule has 2 saturated carbocycles. The van der Waals surface area contributed by atoms with Gasteiger partial charge in [0.15, 0.2) is 9.84 Å². The van der Waals surface area contributed by atoms with E-state index >= 15 is 0 Å². The Bertz CT molecular complexity index is 1210. The maximum Gasteiger partial charge on any atom is 0.221 e. The zero-order chi connectivity index (χ0) is 26.7. The minimum Gasteiger partial charge on any atom is -0.349 e. The van der Waals surface area contributed by atoms with E-state index in [1.54, 1.807) is 0 Å². The third-order valence-electron chi connectivity index (χ3n) is 8.05. The van der Waals surface area contributed by atoms with Crippen LogP contribution in [0.1, 0.15) is 75.0 Å². The van der Waals surface area contributed by atoms with Crippen LogP contribution in [0, 0.1) is 17.0 Å². The first kappa shape index (κ1) is 27.7. The Morgan fingerprint density at radius 2 is 1.73 bits per heavy atom. The fraction of sp³-hybridized carbons (Fsp3) is 0.552. The zero-order valence-electron chi connectivity index (χ0n) is 21.8. The molecule has 2 fully saturated rings. The van der Waals surface area contributed by atoms with E-state index in [1.807, 2.05) is 6.92 Å². The number of amides is 1. The Kier molecular flexibility index (Phi) is 8.38. The molecule has 0 aromatic heterocycles. The molecular weight excluding hydrogens is 494 g/mol. The van der Waals surface area contributed by atoms with Crippen LogP contribution in [0.5, 0.6) is 0 Å². The average molecular weight is 533 g/mol.